The van der Waals surface area contributed by atoms with Gasteiger partial charge >= 0.3 is 12.0 Å². The van der Waals surface area contributed by atoms with Crippen molar-refractivity contribution in [2.45, 2.75) is 6.92 Å². The number of carbonyl (C=O) groups excluding carboxylic acids is 2. The van der Waals surface area contributed by atoms with Crippen LogP contribution in [0.2, 0.25) is 0 Å². The summed E-state index contributed by atoms with van der Waals surface area (Å²) in [4.78, 5) is 25.4. The number of nitrogens with zero attached hydrogens (tertiary/aromatic N) is 1. The molecule has 0 aromatic heterocycles. The molecule has 1 aromatic rings. The van der Waals surface area contributed by atoms with E-state index in [1.54, 1.807) is 31.2 Å². The van der Waals surface area contributed by atoms with Gasteiger partial charge in [-0.3, -0.25) is 0 Å². The molecular weight excluding hydrogens is 258 g/mol. The summed E-state index contributed by atoms with van der Waals surface area (Å²) < 4.78 is 4.95. The molecule has 0 unspecified atom stereocenters. The average molecular weight is 279 g/mol. The monoisotopic (exact) mass is 279 g/mol. The molecule has 1 rings (SSSR count). The largest absolute Gasteiger partial charge is 0.462 e. The number of urea groups is 1. The van der Waals surface area contributed by atoms with Gasteiger partial charge in [-0.25, -0.2) is 9.59 Å². The minimum absolute atomic E-state index is 0.294. The highest BCUT2D eigenvalue weighted by Crippen LogP contribution is 2.15. The van der Waals surface area contributed by atoms with E-state index in [2.05, 4.69) is 10.6 Å². The molecule has 20 heavy (non-hydrogen) atoms. The molecule has 0 spiro atoms. The Kier molecular flexibility index (Phi) is 6.52. The minimum atomic E-state index is -0.448. The predicted octanol–water partition coefficient (Wildman–Crippen LogP) is 1.55. The molecular formula is C14H21N3O3. The molecule has 6 heteroatoms. The zero-order chi connectivity index (χ0) is 15.0. The molecule has 2 N–H and O–H groups in total. The molecule has 1 aromatic carbocycles. The summed E-state index contributed by atoms with van der Waals surface area (Å²) in [5.74, 6) is -0.448. The molecule has 0 radical (unpaired) electrons. The van der Waals surface area contributed by atoms with Crippen molar-refractivity contribution in [3.63, 3.8) is 0 Å². The lowest BCUT2D eigenvalue weighted by atomic mass is 10.2. The van der Waals surface area contributed by atoms with Gasteiger partial charge in [-0.15, -0.1) is 0 Å². The third-order valence-corrected chi connectivity index (χ3v) is 2.52. The maximum absolute atomic E-state index is 11.7. The summed E-state index contributed by atoms with van der Waals surface area (Å²) in [6.45, 7) is 3.30. The first kappa shape index (κ1) is 16.0. The minimum Gasteiger partial charge on any atom is -0.462 e. The van der Waals surface area contributed by atoms with Crippen molar-refractivity contribution in [1.29, 1.82) is 0 Å². The van der Waals surface area contributed by atoms with Crippen LogP contribution in [0.3, 0.4) is 0 Å². The van der Waals surface area contributed by atoms with E-state index >= 15 is 0 Å². The van der Waals surface area contributed by atoms with Crippen LogP contribution in [0.1, 0.15) is 17.3 Å². The Morgan fingerprint density at radius 1 is 1.25 bits per heavy atom. The second-order valence-electron chi connectivity index (χ2n) is 4.45. The summed E-state index contributed by atoms with van der Waals surface area (Å²) in [5.41, 5.74) is 0.783. The van der Waals surface area contributed by atoms with Gasteiger partial charge in [0.05, 0.1) is 17.9 Å². The van der Waals surface area contributed by atoms with E-state index in [-0.39, 0.29) is 6.03 Å². The van der Waals surface area contributed by atoms with Gasteiger partial charge in [-0.05, 0) is 33.2 Å². The second-order valence-corrected chi connectivity index (χ2v) is 4.45. The van der Waals surface area contributed by atoms with Crippen LogP contribution in [0.15, 0.2) is 24.3 Å². The number of carbonyl (C=O) groups is 2. The Bertz CT molecular complexity index is 461. The molecule has 0 aliphatic heterocycles. The van der Waals surface area contributed by atoms with Crippen molar-refractivity contribution in [3.05, 3.63) is 29.8 Å². The Morgan fingerprint density at radius 2 is 1.95 bits per heavy atom. The molecule has 0 atom stereocenters. The van der Waals surface area contributed by atoms with E-state index in [1.807, 2.05) is 19.0 Å². The molecule has 0 bridgehead atoms. The maximum Gasteiger partial charge on any atom is 0.340 e. The van der Waals surface area contributed by atoms with Crippen LogP contribution < -0.4 is 10.6 Å². The number of ether oxygens (including phenoxy) is 1. The first-order valence-corrected chi connectivity index (χ1v) is 6.50. The van der Waals surface area contributed by atoms with Crippen LogP contribution in [-0.2, 0) is 4.74 Å². The topological polar surface area (TPSA) is 70.7 Å². The SMILES string of the molecule is CCOC(=O)c1ccccc1NC(=O)NCCN(C)C. The van der Waals surface area contributed by atoms with Gasteiger partial charge in [0.1, 0.15) is 0 Å². The number of esters is 1. The van der Waals surface area contributed by atoms with Crippen LogP contribution in [0, 0.1) is 0 Å². The number of hydrogen-bond acceptors (Lipinski definition) is 4. The summed E-state index contributed by atoms with van der Waals surface area (Å²) in [6, 6.07) is 6.41. The lowest BCUT2D eigenvalue weighted by Crippen LogP contribution is -2.34. The number of rotatable bonds is 6. The number of amides is 2. The number of anilines is 1. The van der Waals surface area contributed by atoms with Crippen molar-refractivity contribution >= 4 is 17.7 Å². The summed E-state index contributed by atoms with van der Waals surface area (Å²) in [5, 5.41) is 5.37. The molecule has 0 aliphatic rings. The van der Waals surface area contributed by atoms with Gasteiger partial charge in [-0.1, -0.05) is 12.1 Å². The lowest BCUT2D eigenvalue weighted by molar-refractivity contribution is 0.0527. The summed E-state index contributed by atoms with van der Waals surface area (Å²) in [7, 11) is 3.85. The van der Waals surface area contributed by atoms with Gasteiger partial charge in [0.25, 0.3) is 0 Å². The number of nitrogens with one attached hydrogen (secondary N) is 2. The van der Waals surface area contributed by atoms with E-state index in [1.165, 1.54) is 0 Å². The fraction of sp³-hybridized carbons (Fsp3) is 0.429. The van der Waals surface area contributed by atoms with Crippen molar-refractivity contribution in [2.75, 3.05) is 39.1 Å². The van der Waals surface area contributed by atoms with Crippen molar-refractivity contribution in [1.82, 2.24) is 10.2 Å². The van der Waals surface area contributed by atoms with Gasteiger partial charge < -0.3 is 20.3 Å². The number of para-hydroxylation sites is 1. The fourth-order valence-electron chi connectivity index (χ4n) is 1.54. The molecule has 0 fully saturated rings. The Hall–Kier alpha value is -2.08. The van der Waals surface area contributed by atoms with Crippen molar-refractivity contribution in [2.24, 2.45) is 0 Å². The van der Waals surface area contributed by atoms with Crippen LogP contribution in [-0.4, -0.2) is 50.7 Å². The van der Waals surface area contributed by atoms with Gasteiger partial charge in [0.15, 0.2) is 0 Å². The summed E-state index contributed by atoms with van der Waals surface area (Å²) in [6.07, 6.45) is 0. The van der Waals surface area contributed by atoms with E-state index in [9.17, 15) is 9.59 Å². The molecule has 0 saturated heterocycles. The van der Waals surface area contributed by atoms with E-state index in [0.29, 0.717) is 24.4 Å². The highest BCUT2D eigenvalue weighted by atomic mass is 16.5. The fourth-order valence-corrected chi connectivity index (χ4v) is 1.54. The number of benzene rings is 1. The smallest absolute Gasteiger partial charge is 0.340 e. The maximum atomic E-state index is 11.7. The first-order valence-electron chi connectivity index (χ1n) is 6.50. The molecule has 2 amide bonds. The molecule has 6 nitrogen and oxygen atoms in total. The van der Waals surface area contributed by atoms with E-state index in [0.717, 1.165) is 6.54 Å². The van der Waals surface area contributed by atoms with E-state index in [4.69, 9.17) is 4.74 Å². The normalized spacial score (nSPS) is 10.2. The Labute approximate surface area is 119 Å². The van der Waals surface area contributed by atoms with Crippen LogP contribution in [0.5, 0.6) is 0 Å². The van der Waals surface area contributed by atoms with Crippen molar-refractivity contribution in [3.8, 4) is 0 Å². The Balaban J connectivity index is 2.63. The van der Waals surface area contributed by atoms with Gasteiger partial charge in [0.2, 0.25) is 0 Å². The third kappa shape index (κ3) is 5.27. The third-order valence-electron chi connectivity index (χ3n) is 2.52. The quantitative estimate of drug-likeness (QED) is 0.775. The van der Waals surface area contributed by atoms with E-state index < -0.39 is 5.97 Å². The Morgan fingerprint density at radius 3 is 2.60 bits per heavy atom. The zero-order valence-electron chi connectivity index (χ0n) is 12.1. The van der Waals surface area contributed by atoms with Crippen LogP contribution in [0.4, 0.5) is 10.5 Å². The highest BCUT2D eigenvalue weighted by molar-refractivity contribution is 6.00. The lowest BCUT2D eigenvalue weighted by Gasteiger charge is -2.13. The molecule has 110 valence electrons. The molecule has 0 aliphatic carbocycles. The highest BCUT2D eigenvalue weighted by Gasteiger charge is 2.13. The van der Waals surface area contributed by atoms with Gasteiger partial charge in [-0.2, -0.15) is 0 Å². The second kappa shape index (κ2) is 8.16. The zero-order valence-corrected chi connectivity index (χ0v) is 12.1. The average Bonchev–Trinajstić information content (AvgIpc) is 2.39. The molecule has 0 saturated carbocycles. The standard InChI is InChI=1S/C14H21N3O3/c1-4-20-13(18)11-7-5-6-8-12(11)16-14(19)15-9-10-17(2)3/h5-8H,4,9-10H2,1-3H3,(H2,15,16,19). The molecule has 0 heterocycles. The van der Waals surface area contributed by atoms with Crippen LogP contribution in [0.25, 0.3) is 0 Å². The van der Waals surface area contributed by atoms with Crippen LogP contribution >= 0.6 is 0 Å². The predicted molar refractivity (Wildman–Crippen MR) is 78.0 cm³/mol. The number of likely N-dealkylation sites (N-methyl/N-ethyl adjacent to an activating group) is 1. The summed E-state index contributed by atoms with van der Waals surface area (Å²) >= 11 is 0. The van der Waals surface area contributed by atoms with Gasteiger partial charge in [0, 0.05) is 13.1 Å². The first-order chi connectivity index (χ1) is 9.54. The number of hydrogen-bond donors (Lipinski definition) is 2. The van der Waals surface area contributed by atoms with Crippen molar-refractivity contribution < 1.29 is 14.3 Å².